The number of ether oxygens (including phenoxy) is 1. The van der Waals surface area contributed by atoms with Crippen LogP contribution in [0.2, 0.25) is 0 Å². The molecule has 186 valence electrons. The highest BCUT2D eigenvalue weighted by Gasteiger charge is 2.21. The van der Waals surface area contributed by atoms with E-state index in [1.165, 1.54) is 43.8 Å². The lowest BCUT2D eigenvalue weighted by molar-refractivity contribution is -0.119. The molecule has 0 saturated carbocycles. The Morgan fingerprint density at radius 1 is 1.14 bits per heavy atom. The van der Waals surface area contributed by atoms with Gasteiger partial charge >= 0.3 is 0 Å². The molecule has 0 aliphatic rings. The van der Waals surface area contributed by atoms with Crippen molar-refractivity contribution < 1.29 is 22.5 Å². The van der Waals surface area contributed by atoms with Crippen LogP contribution < -0.4 is 15.8 Å². The minimum absolute atomic E-state index is 0.0789. The van der Waals surface area contributed by atoms with Crippen molar-refractivity contribution in [1.82, 2.24) is 9.97 Å². The Labute approximate surface area is 203 Å². The Hall–Kier alpha value is -3.60. The number of pyridine rings is 2. The van der Waals surface area contributed by atoms with Gasteiger partial charge in [-0.15, -0.1) is 0 Å². The van der Waals surface area contributed by atoms with Gasteiger partial charge in [0.1, 0.15) is 35.1 Å². The third-order valence-corrected chi connectivity index (χ3v) is 6.63. The predicted molar refractivity (Wildman–Crippen MR) is 132 cm³/mol. The number of rotatable bonds is 9. The van der Waals surface area contributed by atoms with Gasteiger partial charge in [0.05, 0.1) is 19.1 Å². The highest BCUT2D eigenvalue weighted by Crippen LogP contribution is 2.33. The maximum atomic E-state index is 14.5. The normalized spacial score (nSPS) is 13.7. The van der Waals surface area contributed by atoms with Crippen molar-refractivity contribution in [3.8, 4) is 16.9 Å². The van der Waals surface area contributed by atoms with Crippen LogP contribution in [-0.2, 0) is 20.3 Å². The van der Waals surface area contributed by atoms with Gasteiger partial charge < -0.3 is 15.8 Å². The third kappa shape index (κ3) is 6.72. The van der Waals surface area contributed by atoms with Gasteiger partial charge in [-0.3, -0.25) is 4.79 Å². The van der Waals surface area contributed by atoms with Gasteiger partial charge in [0.2, 0.25) is 5.91 Å². The van der Waals surface area contributed by atoms with Gasteiger partial charge in [-0.1, -0.05) is 13.8 Å². The highest BCUT2D eigenvalue weighted by molar-refractivity contribution is 7.92. The molecule has 3 aromatic rings. The topological polar surface area (TPSA) is 120 Å². The lowest BCUT2D eigenvalue weighted by atomic mass is 10.0. The van der Waals surface area contributed by atoms with Gasteiger partial charge in [0.25, 0.3) is 0 Å². The van der Waals surface area contributed by atoms with Crippen LogP contribution in [0, 0.1) is 17.6 Å². The van der Waals surface area contributed by atoms with E-state index in [2.05, 4.69) is 19.6 Å². The molecular weight excluding hydrogens is 476 g/mol. The quantitative estimate of drug-likeness (QED) is 0.450. The average Bonchev–Trinajstić information content (AvgIpc) is 2.78. The molecule has 2 heterocycles. The highest BCUT2D eigenvalue weighted by atomic mass is 32.2. The van der Waals surface area contributed by atoms with Gasteiger partial charge in [-0.25, -0.2) is 27.3 Å². The lowest BCUT2D eigenvalue weighted by Gasteiger charge is -2.15. The maximum absolute atomic E-state index is 14.5. The molecule has 0 unspecified atom stereocenters. The second-order valence-corrected chi connectivity index (χ2v) is 10.8. The van der Waals surface area contributed by atoms with Crippen molar-refractivity contribution in [1.29, 1.82) is 0 Å². The third-order valence-electron chi connectivity index (χ3n) is 5.08. The first kappa shape index (κ1) is 26.0. The number of carbonyl (C=O) groups is 1. The van der Waals surface area contributed by atoms with E-state index in [1.807, 2.05) is 0 Å². The van der Waals surface area contributed by atoms with Crippen LogP contribution >= 0.6 is 0 Å². The number of hydrogen-bond donors (Lipinski definition) is 2. The van der Waals surface area contributed by atoms with E-state index in [9.17, 15) is 17.8 Å². The number of aromatic nitrogens is 2. The average molecular weight is 504 g/mol. The number of amides is 1. The monoisotopic (exact) mass is 503 g/mol. The molecule has 0 saturated heterocycles. The summed E-state index contributed by atoms with van der Waals surface area (Å²) in [5.74, 6) is -0.993. The Balaban J connectivity index is 1.88. The van der Waals surface area contributed by atoms with Crippen molar-refractivity contribution in [3.05, 3.63) is 66.0 Å². The molecule has 1 amide bonds. The standard InChI is InChI=1S/C24H27F2N5O3S/c1-14(2)23(24(27)32)31-35(4,33)13-15-7-8-28-21(9-15)30-22-11-18(19(26)12-29-22)17-6-5-16(25)10-20(17)34-3/h5-12,14,23H,13H2,1-4H3,(H2,27,32)(H,28,29,30)/t23-,35-/m0/s1. The zero-order chi connectivity index (χ0) is 25.8. The van der Waals surface area contributed by atoms with E-state index in [1.54, 1.807) is 26.0 Å². The molecule has 2 aromatic heterocycles. The van der Waals surface area contributed by atoms with Crippen LogP contribution in [0.1, 0.15) is 19.4 Å². The van der Waals surface area contributed by atoms with Crippen LogP contribution in [0.5, 0.6) is 5.75 Å². The Morgan fingerprint density at radius 3 is 2.51 bits per heavy atom. The largest absolute Gasteiger partial charge is 0.496 e. The first-order valence-electron chi connectivity index (χ1n) is 10.7. The number of nitrogens with one attached hydrogen (secondary N) is 1. The number of primary amides is 1. The number of methoxy groups -OCH3 is 1. The van der Waals surface area contributed by atoms with Crippen LogP contribution in [0.3, 0.4) is 0 Å². The molecule has 8 nitrogen and oxygen atoms in total. The molecule has 2 atom stereocenters. The second-order valence-electron chi connectivity index (χ2n) is 8.37. The van der Waals surface area contributed by atoms with Gasteiger partial charge in [-0.2, -0.15) is 0 Å². The van der Waals surface area contributed by atoms with E-state index in [4.69, 9.17) is 10.5 Å². The fourth-order valence-electron chi connectivity index (χ4n) is 3.45. The van der Waals surface area contributed by atoms with Crippen molar-refractivity contribution in [2.24, 2.45) is 16.0 Å². The number of halogens is 2. The number of benzene rings is 1. The molecule has 0 bridgehead atoms. The van der Waals surface area contributed by atoms with E-state index in [-0.39, 0.29) is 28.8 Å². The van der Waals surface area contributed by atoms with Gasteiger partial charge in [-0.05, 0) is 41.8 Å². The summed E-state index contributed by atoms with van der Waals surface area (Å²) in [6.07, 6.45) is 4.04. The molecule has 0 fully saturated rings. The van der Waals surface area contributed by atoms with Crippen molar-refractivity contribution in [2.75, 3.05) is 18.7 Å². The molecule has 35 heavy (non-hydrogen) atoms. The lowest BCUT2D eigenvalue weighted by Crippen LogP contribution is -2.32. The molecule has 0 spiro atoms. The fourth-order valence-corrected chi connectivity index (χ4v) is 5.15. The van der Waals surface area contributed by atoms with Crippen LogP contribution in [-0.4, -0.2) is 39.5 Å². The smallest absolute Gasteiger partial charge is 0.243 e. The second kappa shape index (κ2) is 10.8. The summed E-state index contributed by atoms with van der Waals surface area (Å²) < 4.78 is 50.6. The van der Waals surface area contributed by atoms with Crippen LogP contribution in [0.25, 0.3) is 11.1 Å². The predicted octanol–water partition coefficient (Wildman–Crippen LogP) is 4.28. The number of nitrogens with two attached hydrogens (primary N) is 1. The van der Waals surface area contributed by atoms with Crippen LogP contribution in [0.15, 0.2) is 53.2 Å². The summed E-state index contributed by atoms with van der Waals surface area (Å²) in [6.45, 7) is 3.57. The summed E-state index contributed by atoms with van der Waals surface area (Å²) >= 11 is 0. The van der Waals surface area contributed by atoms with Gasteiger partial charge in [0.15, 0.2) is 0 Å². The summed E-state index contributed by atoms with van der Waals surface area (Å²) in [6, 6.07) is 7.76. The summed E-state index contributed by atoms with van der Waals surface area (Å²) in [7, 11) is -1.39. The summed E-state index contributed by atoms with van der Waals surface area (Å²) in [5, 5.41) is 2.99. The van der Waals surface area contributed by atoms with E-state index in [0.29, 0.717) is 16.9 Å². The van der Waals surface area contributed by atoms with Gasteiger partial charge in [0, 0.05) is 39.4 Å². The van der Waals surface area contributed by atoms with E-state index < -0.39 is 33.3 Å². The first-order chi connectivity index (χ1) is 16.5. The number of anilines is 2. The Kier molecular flexibility index (Phi) is 8.00. The molecule has 3 rings (SSSR count). The van der Waals surface area contributed by atoms with E-state index in [0.717, 1.165) is 6.20 Å². The molecule has 3 N–H and O–H groups in total. The molecule has 0 aliphatic carbocycles. The summed E-state index contributed by atoms with van der Waals surface area (Å²) in [5.41, 5.74) is 6.59. The van der Waals surface area contributed by atoms with Crippen molar-refractivity contribution in [2.45, 2.75) is 25.6 Å². The first-order valence-corrected chi connectivity index (χ1v) is 12.8. The number of nitrogens with zero attached hydrogens (tertiary/aromatic N) is 3. The maximum Gasteiger partial charge on any atom is 0.243 e. The molecular formula is C24H27F2N5O3S. The minimum atomic E-state index is -2.76. The molecule has 1 aromatic carbocycles. The molecule has 0 radical (unpaired) electrons. The Morgan fingerprint density at radius 2 is 1.86 bits per heavy atom. The SMILES string of the molecule is COc1cc(F)ccc1-c1cc(Nc2cc(C[S@](C)(=O)=N[C@H](C(N)=O)C(C)C)ccn2)ncc1F. The zero-order valence-electron chi connectivity index (χ0n) is 19.8. The van der Waals surface area contributed by atoms with E-state index >= 15 is 0 Å². The minimum Gasteiger partial charge on any atom is -0.496 e. The van der Waals surface area contributed by atoms with Crippen molar-refractivity contribution >= 4 is 27.3 Å². The van der Waals surface area contributed by atoms with Crippen molar-refractivity contribution in [3.63, 3.8) is 0 Å². The molecule has 11 heteroatoms. The number of carbonyl (C=O) groups excluding carboxylic acids is 1. The zero-order valence-corrected chi connectivity index (χ0v) is 20.6. The molecule has 0 aliphatic heterocycles. The Bertz CT molecular complexity index is 1360. The fraction of sp³-hybridized carbons (Fsp3) is 0.292. The van der Waals surface area contributed by atoms with Crippen LogP contribution in [0.4, 0.5) is 20.4 Å². The number of hydrogen-bond acceptors (Lipinski definition) is 7. The summed E-state index contributed by atoms with van der Waals surface area (Å²) in [4.78, 5) is 19.9.